The highest BCUT2D eigenvalue weighted by atomic mass is 19.2. The molecule has 0 spiro atoms. The molecule has 0 unspecified atom stereocenters. The number of pyridine rings is 1. The van der Waals surface area contributed by atoms with E-state index in [1.54, 1.807) is 0 Å². The fourth-order valence-electron chi connectivity index (χ4n) is 1.36. The molecule has 0 radical (unpaired) electrons. The highest BCUT2D eigenvalue weighted by Gasteiger charge is 2.11. The Kier molecular flexibility index (Phi) is 2.19. The Morgan fingerprint density at radius 1 is 1.19 bits per heavy atom. The number of H-pyrrole nitrogens is 1. The van der Waals surface area contributed by atoms with Crippen molar-refractivity contribution in [3.05, 3.63) is 45.8 Å². The molecule has 4 nitrogen and oxygen atoms in total. The zero-order valence-corrected chi connectivity index (χ0v) is 7.75. The summed E-state index contributed by atoms with van der Waals surface area (Å²) in [6.45, 7) is 0. The van der Waals surface area contributed by atoms with E-state index in [0.717, 1.165) is 18.2 Å². The first-order valence-corrected chi connectivity index (χ1v) is 4.24. The summed E-state index contributed by atoms with van der Waals surface area (Å²) in [5.41, 5.74) is -1.32. The van der Waals surface area contributed by atoms with Gasteiger partial charge in [0.25, 0.3) is 5.56 Å². The molecule has 0 saturated carbocycles. The number of aromatic amines is 1. The minimum Gasteiger partial charge on any atom is -0.477 e. The predicted molar refractivity (Wildman–Crippen MR) is 51.4 cm³/mol. The molecule has 0 saturated heterocycles. The van der Waals surface area contributed by atoms with Crippen molar-refractivity contribution in [2.24, 2.45) is 0 Å². The van der Waals surface area contributed by atoms with Gasteiger partial charge in [-0.3, -0.25) is 4.79 Å². The van der Waals surface area contributed by atoms with Gasteiger partial charge in [-0.05, 0) is 12.1 Å². The van der Waals surface area contributed by atoms with E-state index in [4.69, 9.17) is 5.11 Å². The molecule has 1 heterocycles. The lowest BCUT2D eigenvalue weighted by molar-refractivity contribution is 0.0695. The van der Waals surface area contributed by atoms with Gasteiger partial charge in [0.15, 0.2) is 11.6 Å². The molecule has 1 aromatic heterocycles. The average molecular weight is 225 g/mol. The minimum atomic E-state index is -1.42. The van der Waals surface area contributed by atoms with Crippen molar-refractivity contribution in [3.8, 4) is 0 Å². The van der Waals surface area contributed by atoms with Crippen LogP contribution in [0.5, 0.6) is 0 Å². The lowest BCUT2D eigenvalue weighted by Gasteiger charge is -2.00. The first kappa shape index (κ1) is 10.3. The van der Waals surface area contributed by atoms with Crippen molar-refractivity contribution in [2.45, 2.75) is 0 Å². The first-order valence-electron chi connectivity index (χ1n) is 4.24. The summed E-state index contributed by atoms with van der Waals surface area (Å²) in [4.78, 5) is 24.0. The average Bonchev–Trinajstić information content (AvgIpc) is 2.19. The fraction of sp³-hybridized carbons (Fsp3) is 0. The van der Waals surface area contributed by atoms with Crippen molar-refractivity contribution in [1.29, 1.82) is 0 Å². The second kappa shape index (κ2) is 3.41. The molecule has 0 fully saturated rings. The lowest BCUT2D eigenvalue weighted by atomic mass is 10.1. The predicted octanol–water partition coefficient (Wildman–Crippen LogP) is 1.50. The Morgan fingerprint density at radius 3 is 2.44 bits per heavy atom. The number of hydrogen-bond acceptors (Lipinski definition) is 2. The van der Waals surface area contributed by atoms with Crippen LogP contribution in [0.1, 0.15) is 10.4 Å². The monoisotopic (exact) mass is 225 g/mol. The van der Waals surface area contributed by atoms with Gasteiger partial charge < -0.3 is 10.1 Å². The van der Waals surface area contributed by atoms with Crippen molar-refractivity contribution < 1.29 is 18.7 Å². The van der Waals surface area contributed by atoms with Crippen molar-refractivity contribution >= 4 is 16.9 Å². The van der Waals surface area contributed by atoms with Gasteiger partial charge in [0.2, 0.25) is 0 Å². The molecule has 1 aromatic carbocycles. The molecule has 2 aromatic rings. The van der Waals surface area contributed by atoms with Gasteiger partial charge in [-0.15, -0.1) is 0 Å². The molecule has 0 aliphatic heterocycles. The van der Waals surface area contributed by atoms with Crippen molar-refractivity contribution in [2.75, 3.05) is 0 Å². The van der Waals surface area contributed by atoms with Crippen LogP contribution in [-0.2, 0) is 0 Å². The Balaban J connectivity index is 2.85. The van der Waals surface area contributed by atoms with E-state index >= 15 is 0 Å². The molecule has 0 aliphatic rings. The second-order valence-electron chi connectivity index (χ2n) is 3.17. The highest BCUT2D eigenvalue weighted by Crippen LogP contribution is 2.16. The largest absolute Gasteiger partial charge is 0.477 e. The summed E-state index contributed by atoms with van der Waals surface area (Å²) in [5.74, 6) is -3.63. The van der Waals surface area contributed by atoms with Crippen molar-refractivity contribution in [3.63, 3.8) is 0 Å². The first-order chi connectivity index (χ1) is 7.49. The molecular formula is C10H5F2NO3. The molecule has 16 heavy (non-hydrogen) atoms. The lowest BCUT2D eigenvalue weighted by Crippen LogP contribution is -2.17. The molecule has 0 bridgehead atoms. The van der Waals surface area contributed by atoms with Crippen LogP contribution < -0.4 is 5.56 Å². The van der Waals surface area contributed by atoms with Crippen LogP contribution in [0.2, 0.25) is 0 Å². The van der Waals surface area contributed by atoms with Crippen LogP contribution in [0.4, 0.5) is 8.78 Å². The Bertz CT molecular complexity index is 648. The normalized spacial score (nSPS) is 10.6. The number of fused-ring (bicyclic) bond motifs is 1. The summed E-state index contributed by atoms with van der Waals surface area (Å²) in [6.07, 6.45) is 0. The number of carboxylic acid groups (broad SMARTS) is 1. The highest BCUT2D eigenvalue weighted by molar-refractivity contribution is 5.92. The maximum atomic E-state index is 12.9. The van der Waals surface area contributed by atoms with Crippen molar-refractivity contribution in [1.82, 2.24) is 4.98 Å². The SMILES string of the molecule is O=C(O)c1cc2cc(F)c(F)cc2[nH]c1=O. The third kappa shape index (κ3) is 1.54. The van der Waals surface area contributed by atoms with E-state index in [2.05, 4.69) is 4.98 Å². The Labute approximate surface area is 87.1 Å². The summed E-state index contributed by atoms with van der Waals surface area (Å²) in [6, 6.07) is 2.63. The number of halogens is 2. The maximum Gasteiger partial charge on any atom is 0.341 e. The van der Waals surface area contributed by atoms with Crippen LogP contribution in [0.3, 0.4) is 0 Å². The molecule has 0 atom stereocenters. The maximum absolute atomic E-state index is 12.9. The van der Waals surface area contributed by atoms with E-state index < -0.39 is 28.7 Å². The van der Waals surface area contributed by atoms with E-state index in [1.165, 1.54) is 0 Å². The molecule has 6 heteroatoms. The van der Waals surface area contributed by atoms with Gasteiger partial charge in [0, 0.05) is 11.5 Å². The summed E-state index contributed by atoms with van der Waals surface area (Å²) >= 11 is 0. The number of carbonyl (C=O) groups is 1. The smallest absolute Gasteiger partial charge is 0.341 e. The number of nitrogens with one attached hydrogen (secondary N) is 1. The van der Waals surface area contributed by atoms with Gasteiger partial charge in [0.1, 0.15) is 5.56 Å². The quantitative estimate of drug-likeness (QED) is 0.772. The topological polar surface area (TPSA) is 70.2 Å². The van der Waals surface area contributed by atoms with E-state index in [9.17, 15) is 18.4 Å². The zero-order valence-electron chi connectivity index (χ0n) is 7.75. The van der Waals surface area contributed by atoms with Gasteiger partial charge in [0.05, 0.1) is 5.52 Å². The zero-order chi connectivity index (χ0) is 11.9. The van der Waals surface area contributed by atoms with E-state index in [0.29, 0.717) is 0 Å². The molecule has 82 valence electrons. The van der Waals surface area contributed by atoms with Crippen LogP contribution in [-0.4, -0.2) is 16.1 Å². The molecule has 2 N–H and O–H groups in total. The minimum absolute atomic E-state index is 0.0499. The van der Waals surface area contributed by atoms with Gasteiger partial charge in [-0.2, -0.15) is 0 Å². The summed E-state index contributed by atoms with van der Waals surface area (Å²) < 4.78 is 25.7. The third-order valence-electron chi connectivity index (χ3n) is 2.12. The second-order valence-corrected chi connectivity index (χ2v) is 3.17. The molecule has 0 amide bonds. The third-order valence-corrected chi connectivity index (χ3v) is 2.12. The fourth-order valence-corrected chi connectivity index (χ4v) is 1.36. The van der Waals surface area contributed by atoms with E-state index in [1.807, 2.05) is 0 Å². The number of benzene rings is 1. The number of aromatic carboxylic acids is 1. The van der Waals surface area contributed by atoms with Gasteiger partial charge in [-0.1, -0.05) is 0 Å². The van der Waals surface area contributed by atoms with Crippen LogP contribution in [0, 0.1) is 11.6 Å². The number of rotatable bonds is 1. The van der Waals surface area contributed by atoms with Crippen LogP contribution in [0.15, 0.2) is 23.0 Å². The standard InChI is InChI=1S/C10H5F2NO3/c11-6-2-4-1-5(10(15)16)9(14)13-8(4)3-7(6)12/h1-3H,(H,13,14)(H,15,16). The molecule has 0 aliphatic carbocycles. The Morgan fingerprint density at radius 2 is 1.81 bits per heavy atom. The summed E-state index contributed by atoms with van der Waals surface area (Å²) in [7, 11) is 0. The number of aromatic nitrogens is 1. The van der Waals surface area contributed by atoms with Crippen LogP contribution in [0.25, 0.3) is 10.9 Å². The van der Waals surface area contributed by atoms with Gasteiger partial charge in [-0.25, -0.2) is 13.6 Å². The van der Waals surface area contributed by atoms with E-state index in [-0.39, 0.29) is 10.9 Å². The molecule has 2 rings (SSSR count). The molecular weight excluding hydrogens is 220 g/mol. The van der Waals surface area contributed by atoms with Crippen LogP contribution >= 0.6 is 0 Å². The number of carboxylic acids is 1. The number of hydrogen-bond donors (Lipinski definition) is 2. The Hall–Kier alpha value is -2.24. The van der Waals surface area contributed by atoms with Gasteiger partial charge >= 0.3 is 5.97 Å². The summed E-state index contributed by atoms with van der Waals surface area (Å²) in [5, 5.41) is 8.78.